The first-order valence-electron chi connectivity index (χ1n) is 2.53. The van der Waals surface area contributed by atoms with Crippen LogP contribution in [0, 0.1) is 0 Å². The average Bonchev–Trinajstić information content (AvgIpc) is 2.66. The van der Waals surface area contributed by atoms with Crippen LogP contribution in [0.4, 0.5) is 0 Å². The van der Waals surface area contributed by atoms with Crippen LogP contribution in [0.1, 0.15) is 7.85 Å². The minimum absolute atomic E-state index is 0. The molecule has 0 atom stereocenters. The van der Waals surface area contributed by atoms with E-state index in [9.17, 15) is 0 Å². The number of allylic oxidation sites excluding steroid dienone is 4. The van der Waals surface area contributed by atoms with Crippen LogP contribution in [-0.2, 0) is 30.7 Å². The molecule has 0 aromatic rings. The van der Waals surface area contributed by atoms with Gasteiger partial charge in [-0.15, -0.1) is 0 Å². The van der Waals surface area contributed by atoms with Crippen molar-refractivity contribution in [2.75, 3.05) is 0 Å². The number of hydrogen-bond acceptors (Lipinski definition) is 3. The maximum absolute atomic E-state index is 7.50. The summed E-state index contributed by atoms with van der Waals surface area (Å²) in [7, 11) is 0. The van der Waals surface area contributed by atoms with E-state index < -0.39 is 0 Å². The zero-order chi connectivity index (χ0) is 10.4. The smallest absolute Gasteiger partial charge is 1.00 e. The molecule has 0 unspecified atom stereocenters. The van der Waals surface area contributed by atoms with Crippen molar-refractivity contribution in [3.8, 4) is 0 Å². The second kappa shape index (κ2) is 22.5. The maximum atomic E-state index is 7.50. The molecule has 0 aromatic heterocycles. The van der Waals surface area contributed by atoms with Gasteiger partial charge in [0.1, 0.15) is 0 Å². The summed E-state index contributed by atoms with van der Waals surface area (Å²) in [5.41, 5.74) is 0. The maximum Gasteiger partial charge on any atom is -1.00 e. The second-order valence-corrected chi connectivity index (χ2v) is 2.08. The third-order valence-corrected chi connectivity index (χ3v) is 1.21. The molecule has 4 heteroatoms. The Morgan fingerprint density at radius 3 is 1.67 bits per heavy atom. The molecule has 63 valence electrons. The molecule has 1 aliphatic rings. The summed E-state index contributed by atoms with van der Waals surface area (Å²) in [6.07, 6.45) is 7.39. The Hall–Kier alpha value is -0.978. The van der Waals surface area contributed by atoms with Gasteiger partial charge in [0.25, 0.3) is 20.4 Å². The molecule has 0 saturated heterocycles. The van der Waals surface area contributed by atoms with Crippen LogP contribution in [0.2, 0.25) is 0 Å². The molecule has 0 N–H and O–H groups in total. The first-order chi connectivity index (χ1) is 5.89. The van der Waals surface area contributed by atoms with Crippen LogP contribution in [0.5, 0.6) is 0 Å². The van der Waals surface area contributed by atoms with Crippen molar-refractivity contribution in [2.24, 2.45) is 0 Å². The van der Waals surface area contributed by atoms with Gasteiger partial charge in [0, 0.05) is 0 Å². The molecule has 0 amide bonds. The fourth-order valence-electron chi connectivity index (χ4n) is 0.428. The third kappa shape index (κ3) is 16.0. The van der Waals surface area contributed by atoms with Crippen molar-refractivity contribution in [1.82, 2.24) is 0 Å². The Labute approximate surface area is 82.1 Å². The molecule has 0 aromatic carbocycles. The van der Waals surface area contributed by atoms with Gasteiger partial charge in [-0.3, -0.25) is 14.4 Å². The topological polar surface area (TPSA) is 51.2 Å². The summed E-state index contributed by atoms with van der Waals surface area (Å²) in [6.45, 7) is 13.5. The van der Waals surface area contributed by atoms with E-state index in [1.165, 1.54) is 4.44 Å². The number of rotatable bonds is 0. The Bertz CT molecular complexity index is 144. The monoisotopic (exact) mass is 202 g/mol. The van der Waals surface area contributed by atoms with Gasteiger partial charge < -0.3 is 1.43 Å². The molecule has 3 nitrogen and oxygen atoms in total. The molecule has 12 heavy (non-hydrogen) atoms. The third-order valence-electron chi connectivity index (χ3n) is 0.737. The van der Waals surface area contributed by atoms with Crippen molar-refractivity contribution < 1.29 is 32.1 Å². The SMILES string of the molecule is [C]=O.[C]=O.[C]=O.[Cr][C]1=CC=CC1.[H-]. The first-order valence-corrected chi connectivity index (χ1v) is 3.17. The van der Waals surface area contributed by atoms with E-state index >= 15 is 0 Å². The second-order valence-electron chi connectivity index (χ2n) is 1.27. The van der Waals surface area contributed by atoms with E-state index in [-0.39, 0.29) is 1.43 Å². The molecular weight excluding hydrogens is 196 g/mol. The fourth-order valence-corrected chi connectivity index (χ4v) is 0.701. The normalized spacial score (nSPS) is 10.2. The molecule has 6 radical (unpaired) electrons. The van der Waals surface area contributed by atoms with Crippen molar-refractivity contribution in [1.29, 1.82) is 0 Å². The molecule has 0 saturated carbocycles. The molecule has 0 aliphatic heterocycles. The largest absolute Gasteiger partial charge is 1.00 e. The van der Waals surface area contributed by atoms with Crippen LogP contribution in [0.25, 0.3) is 0 Å². The quantitative estimate of drug-likeness (QED) is 0.567. The molecular formula is C8H6CrO3-. The van der Waals surface area contributed by atoms with Gasteiger partial charge in [-0.1, -0.05) is 0 Å². The van der Waals surface area contributed by atoms with E-state index in [0.29, 0.717) is 0 Å². The van der Waals surface area contributed by atoms with Gasteiger partial charge in [-0.2, -0.15) is 0 Å². The summed E-state index contributed by atoms with van der Waals surface area (Å²) < 4.78 is 1.34. The molecule has 0 spiro atoms. The summed E-state index contributed by atoms with van der Waals surface area (Å²) in [5.74, 6) is 0. The predicted octanol–water partition coefficient (Wildman–Crippen LogP) is 0.298. The molecule has 0 heterocycles. The summed E-state index contributed by atoms with van der Waals surface area (Å²) in [4.78, 5) is 22.5. The Kier molecular flexibility index (Phi) is 32.2. The van der Waals surface area contributed by atoms with Gasteiger partial charge in [-0.25, -0.2) is 0 Å². The van der Waals surface area contributed by atoms with E-state index in [2.05, 4.69) is 54.9 Å². The standard InChI is InChI=1S/C5H5.3CO.Cr.H/c1-2-4-5-3-1;3*1-2;;/h1-3H,4H2;;;;;/q;;;;;-1. The van der Waals surface area contributed by atoms with Gasteiger partial charge in [-0.05, 0) is 0 Å². The van der Waals surface area contributed by atoms with Gasteiger partial charge in [0.2, 0.25) is 0 Å². The molecule has 0 bridgehead atoms. The van der Waals surface area contributed by atoms with Crippen LogP contribution < -0.4 is 0 Å². The summed E-state index contributed by atoms with van der Waals surface area (Å²) >= 11 is 2.94. The van der Waals surface area contributed by atoms with E-state index in [1.54, 1.807) is 0 Å². The first kappa shape index (κ1) is 17.2. The molecule has 0 fully saturated rings. The van der Waals surface area contributed by atoms with Crippen LogP contribution in [0.15, 0.2) is 22.7 Å². The Balaban J connectivity index is -0.0000000508. The predicted molar refractivity (Wildman–Crippen MR) is 40.0 cm³/mol. The van der Waals surface area contributed by atoms with Crippen molar-refractivity contribution in [3.63, 3.8) is 0 Å². The van der Waals surface area contributed by atoms with E-state index in [0.717, 1.165) is 6.42 Å². The summed E-state index contributed by atoms with van der Waals surface area (Å²) in [6, 6.07) is 0. The van der Waals surface area contributed by atoms with Crippen LogP contribution in [-0.4, -0.2) is 20.4 Å². The van der Waals surface area contributed by atoms with Gasteiger partial charge >= 0.3 is 45.4 Å². The van der Waals surface area contributed by atoms with Crippen LogP contribution >= 0.6 is 0 Å². The minimum Gasteiger partial charge on any atom is -1.00 e. The van der Waals surface area contributed by atoms with Gasteiger partial charge in [0.15, 0.2) is 0 Å². The Morgan fingerprint density at radius 1 is 1.17 bits per heavy atom. The van der Waals surface area contributed by atoms with Crippen molar-refractivity contribution in [3.05, 3.63) is 22.7 Å². The molecule has 1 rings (SSSR count). The zero-order valence-electron chi connectivity index (χ0n) is 7.07. The van der Waals surface area contributed by atoms with Crippen LogP contribution in [0.3, 0.4) is 0 Å². The van der Waals surface area contributed by atoms with Crippen molar-refractivity contribution >= 4 is 20.4 Å². The van der Waals surface area contributed by atoms with E-state index in [1.807, 2.05) is 0 Å². The number of hydrogen-bond donors (Lipinski definition) is 0. The molecule has 1 aliphatic carbocycles. The zero-order valence-corrected chi connectivity index (χ0v) is 7.35. The summed E-state index contributed by atoms with van der Waals surface area (Å²) in [5, 5.41) is 0. The van der Waals surface area contributed by atoms with Crippen molar-refractivity contribution in [2.45, 2.75) is 6.42 Å². The van der Waals surface area contributed by atoms with E-state index in [4.69, 9.17) is 14.4 Å². The van der Waals surface area contributed by atoms with Gasteiger partial charge in [0.05, 0.1) is 0 Å². The number of carbonyl (C=O) groups excluding carboxylic acids is 3. The minimum atomic E-state index is 0. The fraction of sp³-hybridized carbons (Fsp3) is 0.125. The Morgan fingerprint density at radius 2 is 1.58 bits per heavy atom. The average molecular weight is 202 g/mol.